The first-order valence-corrected chi connectivity index (χ1v) is 10.1. The Bertz CT molecular complexity index is 726. The zero-order valence-corrected chi connectivity index (χ0v) is 15.4. The van der Waals surface area contributed by atoms with Gasteiger partial charge in [-0.15, -0.1) is 10.2 Å². The molecule has 3 heterocycles. The monoisotopic (exact) mass is 360 g/mol. The highest BCUT2D eigenvalue weighted by Crippen LogP contribution is 2.35. The van der Waals surface area contributed by atoms with Crippen LogP contribution in [0.4, 0.5) is 0 Å². The molecular weight excluding hydrogens is 336 g/mol. The summed E-state index contributed by atoms with van der Waals surface area (Å²) in [6, 6.07) is 4.16. The second-order valence-corrected chi connectivity index (χ2v) is 7.91. The molecule has 0 radical (unpaired) electrons. The Morgan fingerprint density at radius 3 is 2.96 bits per heavy atom. The number of carbonyl (C=O) groups excluding carboxylic acids is 1. The van der Waals surface area contributed by atoms with Gasteiger partial charge in [-0.3, -0.25) is 4.79 Å². The Balaban J connectivity index is 1.40. The Morgan fingerprint density at radius 2 is 2.12 bits per heavy atom. The maximum atomic E-state index is 12.8. The van der Waals surface area contributed by atoms with E-state index in [9.17, 15) is 4.79 Å². The normalized spacial score (nSPS) is 23.5. The summed E-state index contributed by atoms with van der Waals surface area (Å²) in [5.41, 5.74) is 0. The number of carbonyl (C=O) groups is 1. The van der Waals surface area contributed by atoms with E-state index in [1.165, 1.54) is 43.9 Å². The van der Waals surface area contributed by atoms with Crippen LogP contribution in [0, 0.1) is 5.92 Å². The van der Waals surface area contributed by atoms with Gasteiger partial charge in [-0.25, -0.2) is 0 Å². The van der Waals surface area contributed by atoms with Gasteiger partial charge in [-0.1, -0.05) is 24.6 Å². The minimum Gasteiger partial charge on any atom is -0.461 e. The van der Waals surface area contributed by atoms with Crippen molar-refractivity contribution in [2.45, 2.75) is 49.7 Å². The molecule has 0 bridgehead atoms. The lowest BCUT2D eigenvalue weighted by molar-refractivity contribution is -0.134. The highest BCUT2D eigenvalue weighted by molar-refractivity contribution is 7.99. The van der Waals surface area contributed by atoms with Gasteiger partial charge in [-0.05, 0) is 43.7 Å². The molecule has 2 fully saturated rings. The average Bonchev–Trinajstić information content (AvgIpc) is 3.29. The van der Waals surface area contributed by atoms with Gasteiger partial charge in [-0.2, -0.15) is 0 Å². The molecule has 2 atom stereocenters. The molecule has 0 aromatic carbocycles. The Morgan fingerprint density at radius 1 is 1.28 bits per heavy atom. The van der Waals surface area contributed by atoms with E-state index in [1.807, 2.05) is 23.7 Å². The quantitative estimate of drug-likeness (QED) is 0.783. The first-order valence-electron chi connectivity index (χ1n) is 9.09. The third kappa shape index (κ3) is 3.34. The van der Waals surface area contributed by atoms with Crippen LogP contribution in [0.2, 0.25) is 0 Å². The van der Waals surface area contributed by atoms with Crippen LogP contribution in [0.15, 0.2) is 28.0 Å². The molecule has 0 unspecified atom stereocenters. The molecule has 1 aliphatic carbocycles. The predicted octanol–water partition coefficient (Wildman–Crippen LogP) is 3.35. The van der Waals surface area contributed by atoms with E-state index in [-0.39, 0.29) is 5.91 Å². The third-order valence-electron chi connectivity index (χ3n) is 5.46. The number of rotatable bonds is 4. The molecule has 2 aliphatic rings. The van der Waals surface area contributed by atoms with Gasteiger partial charge in [0.2, 0.25) is 5.91 Å². The molecule has 1 saturated carbocycles. The number of fused-ring (bicyclic) bond motifs is 1. The van der Waals surface area contributed by atoms with Crippen molar-refractivity contribution < 1.29 is 9.21 Å². The Kier molecular flexibility index (Phi) is 4.83. The predicted molar refractivity (Wildman–Crippen MR) is 96.1 cm³/mol. The van der Waals surface area contributed by atoms with Gasteiger partial charge in [0.1, 0.15) is 0 Å². The number of nitrogens with zero attached hydrogens (tertiary/aromatic N) is 4. The number of aromatic nitrogens is 3. The summed E-state index contributed by atoms with van der Waals surface area (Å²) in [4.78, 5) is 14.9. The number of thioether (sulfide) groups is 1. The number of piperidine rings is 1. The van der Waals surface area contributed by atoms with Crippen LogP contribution in [-0.4, -0.2) is 43.9 Å². The molecule has 6 nitrogen and oxygen atoms in total. The zero-order chi connectivity index (χ0) is 17.2. The lowest BCUT2D eigenvalue weighted by atomic mass is 9.78. The van der Waals surface area contributed by atoms with Gasteiger partial charge < -0.3 is 13.9 Å². The Labute approximate surface area is 152 Å². The molecule has 7 heteroatoms. The van der Waals surface area contributed by atoms with Crippen molar-refractivity contribution in [2.24, 2.45) is 13.0 Å². The van der Waals surface area contributed by atoms with Crippen molar-refractivity contribution in [3.05, 3.63) is 18.4 Å². The number of amides is 1. The highest BCUT2D eigenvalue weighted by atomic mass is 32.2. The molecule has 134 valence electrons. The fourth-order valence-corrected chi connectivity index (χ4v) is 5.00. The SMILES string of the molecule is Cn1c(SCC(=O)N2CCC[C@H]3CCCC[C@H]32)nnc1-c1ccco1. The van der Waals surface area contributed by atoms with E-state index in [4.69, 9.17) is 4.42 Å². The summed E-state index contributed by atoms with van der Waals surface area (Å²) in [7, 11) is 1.91. The van der Waals surface area contributed by atoms with E-state index < -0.39 is 0 Å². The molecule has 1 aliphatic heterocycles. The minimum absolute atomic E-state index is 0.240. The lowest BCUT2D eigenvalue weighted by Crippen LogP contribution is -2.50. The van der Waals surface area contributed by atoms with Crippen LogP contribution in [0.25, 0.3) is 11.6 Å². The van der Waals surface area contributed by atoms with Crippen molar-refractivity contribution in [2.75, 3.05) is 12.3 Å². The van der Waals surface area contributed by atoms with Crippen molar-refractivity contribution in [3.8, 4) is 11.6 Å². The zero-order valence-electron chi connectivity index (χ0n) is 14.6. The van der Waals surface area contributed by atoms with Crippen molar-refractivity contribution in [1.82, 2.24) is 19.7 Å². The van der Waals surface area contributed by atoms with Crippen LogP contribution >= 0.6 is 11.8 Å². The first-order chi connectivity index (χ1) is 12.2. The molecule has 2 aromatic heterocycles. The number of likely N-dealkylation sites (tertiary alicyclic amines) is 1. The second-order valence-electron chi connectivity index (χ2n) is 6.97. The van der Waals surface area contributed by atoms with E-state index >= 15 is 0 Å². The van der Waals surface area contributed by atoms with Crippen LogP contribution in [-0.2, 0) is 11.8 Å². The fourth-order valence-electron chi connectivity index (χ4n) is 4.20. The summed E-state index contributed by atoms with van der Waals surface area (Å²) < 4.78 is 7.27. The van der Waals surface area contributed by atoms with E-state index in [0.717, 1.165) is 24.0 Å². The standard InChI is InChI=1S/C18H24N4O2S/c1-21-17(15-9-5-11-24-15)19-20-18(21)25-12-16(23)22-10-4-7-13-6-2-3-8-14(13)22/h5,9,11,13-14H,2-4,6-8,10,12H2,1H3/t13-,14-/m1/s1. The highest BCUT2D eigenvalue weighted by Gasteiger charge is 2.35. The third-order valence-corrected chi connectivity index (χ3v) is 6.47. The van der Waals surface area contributed by atoms with Gasteiger partial charge in [0.15, 0.2) is 16.7 Å². The smallest absolute Gasteiger partial charge is 0.233 e. The molecule has 4 rings (SSSR count). The van der Waals surface area contributed by atoms with Crippen molar-refractivity contribution in [1.29, 1.82) is 0 Å². The van der Waals surface area contributed by atoms with Gasteiger partial charge in [0, 0.05) is 19.6 Å². The molecule has 25 heavy (non-hydrogen) atoms. The van der Waals surface area contributed by atoms with Crippen LogP contribution < -0.4 is 0 Å². The summed E-state index contributed by atoms with van der Waals surface area (Å²) >= 11 is 1.46. The summed E-state index contributed by atoms with van der Waals surface area (Å²) in [6.45, 7) is 0.914. The minimum atomic E-state index is 0.240. The maximum absolute atomic E-state index is 12.8. The molecule has 1 amide bonds. The molecule has 2 aromatic rings. The first kappa shape index (κ1) is 16.7. The van der Waals surface area contributed by atoms with E-state index in [0.29, 0.717) is 23.4 Å². The largest absolute Gasteiger partial charge is 0.461 e. The average molecular weight is 360 g/mol. The topological polar surface area (TPSA) is 64.2 Å². The lowest BCUT2D eigenvalue weighted by Gasteiger charge is -2.44. The molecule has 1 saturated heterocycles. The van der Waals surface area contributed by atoms with Gasteiger partial charge in [0.25, 0.3) is 0 Å². The summed E-state index contributed by atoms with van der Waals surface area (Å²) in [5, 5.41) is 9.15. The maximum Gasteiger partial charge on any atom is 0.233 e. The summed E-state index contributed by atoms with van der Waals surface area (Å²) in [5.74, 6) is 2.76. The van der Waals surface area contributed by atoms with Crippen molar-refractivity contribution in [3.63, 3.8) is 0 Å². The van der Waals surface area contributed by atoms with Crippen LogP contribution in [0.5, 0.6) is 0 Å². The number of furan rings is 1. The van der Waals surface area contributed by atoms with Gasteiger partial charge in [0.05, 0.1) is 12.0 Å². The second kappa shape index (κ2) is 7.23. The van der Waals surface area contributed by atoms with Crippen molar-refractivity contribution >= 4 is 17.7 Å². The van der Waals surface area contributed by atoms with E-state index in [1.54, 1.807) is 6.26 Å². The number of hydrogen-bond donors (Lipinski definition) is 0. The molecule has 0 spiro atoms. The molecule has 0 N–H and O–H groups in total. The number of hydrogen-bond acceptors (Lipinski definition) is 5. The Hall–Kier alpha value is -1.76. The van der Waals surface area contributed by atoms with Gasteiger partial charge >= 0.3 is 0 Å². The van der Waals surface area contributed by atoms with E-state index in [2.05, 4.69) is 15.1 Å². The molecular formula is C18H24N4O2S. The fraction of sp³-hybridized carbons (Fsp3) is 0.611. The van der Waals surface area contributed by atoms with Crippen LogP contribution in [0.3, 0.4) is 0 Å². The summed E-state index contributed by atoms with van der Waals surface area (Å²) in [6.07, 6.45) is 9.10. The van der Waals surface area contributed by atoms with Crippen LogP contribution in [0.1, 0.15) is 38.5 Å².